The molecule has 176 valence electrons. The quantitative estimate of drug-likeness (QED) is 0.507. The Bertz CT molecular complexity index is 1230. The van der Waals surface area contributed by atoms with Gasteiger partial charge in [-0.05, 0) is 55.5 Å². The molecule has 3 aromatic carbocycles. The molecule has 1 aliphatic rings. The molecular weight excluding hydrogens is 450 g/mol. The summed E-state index contributed by atoms with van der Waals surface area (Å²) in [4.78, 5) is 43.0. The van der Waals surface area contributed by atoms with Gasteiger partial charge in [0.25, 0.3) is 5.91 Å². The van der Waals surface area contributed by atoms with E-state index in [0.29, 0.717) is 17.0 Å². The Balaban J connectivity index is 1.65. The van der Waals surface area contributed by atoms with Crippen LogP contribution in [-0.4, -0.2) is 41.2 Å². The minimum Gasteiger partial charge on any atom is -0.352 e. The lowest BCUT2D eigenvalue weighted by Gasteiger charge is -2.32. The summed E-state index contributed by atoms with van der Waals surface area (Å²) >= 11 is 6.03. The minimum atomic E-state index is -0.665. The molecular formula is C27H28ClN3O3. The SMILES string of the molecule is CC[C@@H](C(=O)NC(C)C)N(Cc1ccc(Cl)cc1)C(=O)CN1C(=O)c2cccc3cccc1c23. The molecule has 7 heteroatoms. The fourth-order valence-electron chi connectivity index (χ4n) is 4.45. The van der Waals surface area contributed by atoms with Gasteiger partial charge in [-0.3, -0.25) is 19.3 Å². The number of rotatable bonds is 8. The lowest BCUT2D eigenvalue weighted by Crippen LogP contribution is -2.53. The molecule has 3 aromatic rings. The smallest absolute Gasteiger partial charge is 0.259 e. The Morgan fingerprint density at radius 2 is 1.71 bits per heavy atom. The van der Waals surface area contributed by atoms with Crippen LogP contribution < -0.4 is 10.2 Å². The van der Waals surface area contributed by atoms with Gasteiger partial charge in [0.2, 0.25) is 11.8 Å². The van der Waals surface area contributed by atoms with Crippen LogP contribution in [0.3, 0.4) is 0 Å². The molecule has 6 nitrogen and oxygen atoms in total. The molecule has 4 rings (SSSR count). The first-order chi connectivity index (χ1) is 16.3. The molecule has 1 N–H and O–H groups in total. The van der Waals surface area contributed by atoms with E-state index >= 15 is 0 Å². The molecule has 34 heavy (non-hydrogen) atoms. The van der Waals surface area contributed by atoms with Crippen molar-refractivity contribution in [3.8, 4) is 0 Å². The summed E-state index contributed by atoms with van der Waals surface area (Å²) in [5.41, 5.74) is 2.17. The summed E-state index contributed by atoms with van der Waals surface area (Å²) in [5, 5.41) is 5.33. The second kappa shape index (κ2) is 9.85. The molecule has 0 saturated carbocycles. The van der Waals surface area contributed by atoms with Gasteiger partial charge in [0.15, 0.2) is 0 Å². The number of benzene rings is 3. The van der Waals surface area contributed by atoms with E-state index in [1.54, 1.807) is 23.1 Å². The van der Waals surface area contributed by atoms with E-state index in [2.05, 4.69) is 5.32 Å². The van der Waals surface area contributed by atoms with E-state index in [9.17, 15) is 14.4 Å². The first kappa shape index (κ1) is 23.8. The molecule has 0 aromatic heterocycles. The third-order valence-electron chi connectivity index (χ3n) is 6.03. The van der Waals surface area contributed by atoms with Crippen molar-refractivity contribution in [3.05, 3.63) is 76.8 Å². The number of nitrogens with one attached hydrogen (secondary N) is 1. The van der Waals surface area contributed by atoms with Crippen molar-refractivity contribution >= 4 is 45.8 Å². The standard InChI is InChI=1S/C27H28ClN3O3/c1-4-22(26(33)29-17(2)3)30(15-18-11-13-20(28)14-12-18)24(32)16-31-23-10-6-8-19-7-5-9-21(25(19)23)27(31)34/h5-14,17,22H,4,15-16H2,1-3H3,(H,29,33)/t22-/m0/s1. The van der Waals surface area contributed by atoms with Crippen molar-refractivity contribution in [1.82, 2.24) is 10.2 Å². The van der Waals surface area contributed by atoms with Gasteiger partial charge in [0.05, 0.1) is 5.69 Å². The molecule has 0 bridgehead atoms. The summed E-state index contributed by atoms with van der Waals surface area (Å²) in [6, 6.07) is 17.8. The maximum atomic E-state index is 13.7. The number of nitrogens with zero attached hydrogens (tertiary/aromatic N) is 2. The summed E-state index contributed by atoms with van der Waals surface area (Å²) in [6.45, 7) is 5.74. The number of hydrogen-bond donors (Lipinski definition) is 1. The molecule has 1 atom stereocenters. The highest BCUT2D eigenvalue weighted by atomic mass is 35.5. The lowest BCUT2D eigenvalue weighted by atomic mass is 10.1. The second-order valence-corrected chi connectivity index (χ2v) is 9.24. The zero-order valence-corrected chi connectivity index (χ0v) is 20.3. The molecule has 3 amide bonds. The number of hydrogen-bond acceptors (Lipinski definition) is 3. The monoisotopic (exact) mass is 477 g/mol. The highest BCUT2D eigenvalue weighted by Gasteiger charge is 2.35. The Hall–Kier alpha value is -3.38. The van der Waals surface area contributed by atoms with Crippen LogP contribution in [0.25, 0.3) is 10.8 Å². The first-order valence-corrected chi connectivity index (χ1v) is 11.9. The van der Waals surface area contributed by atoms with Crippen LogP contribution in [0.2, 0.25) is 5.02 Å². The minimum absolute atomic E-state index is 0.0544. The van der Waals surface area contributed by atoms with Crippen molar-refractivity contribution in [2.45, 2.75) is 45.8 Å². The van der Waals surface area contributed by atoms with Gasteiger partial charge >= 0.3 is 0 Å². The van der Waals surface area contributed by atoms with Crippen molar-refractivity contribution < 1.29 is 14.4 Å². The van der Waals surface area contributed by atoms with Gasteiger partial charge in [0, 0.05) is 28.6 Å². The normalized spacial score (nSPS) is 13.4. The third kappa shape index (κ3) is 4.64. The van der Waals surface area contributed by atoms with Crippen LogP contribution in [0.15, 0.2) is 60.7 Å². The zero-order valence-electron chi connectivity index (χ0n) is 19.5. The van der Waals surface area contributed by atoms with E-state index in [4.69, 9.17) is 11.6 Å². The average Bonchev–Trinajstić information content (AvgIpc) is 3.07. The molecule has 0 saturated heterocycles. The average molecular weight is 478 g/mol. The van der Waals surface area contributed by atoms with Crippen LogP contribution >= 0.6 is 11.6 Å². The number of anilines is 1. The Morgan fingerprint density at radius 1 is 1.03 bits per heavy atom. The summed E-state index contributed by atoms with van der Waals surface area (Å²) < 4.78 is 0. The van der Waals surface area contributed by atoms with E-state index < -0.39 is 6.04 Å². The summed E-state index contributed by atoms with van der Waals surface area (Å²) in [6.07, 6.45) is 0.446. The van der Waals surface area contributed by atoms with E-state index in [1.165, 1.54) is 4.90 Å². The lowest BCUT2D eigenvalue weighted by molar-refractivity contribution is -0.140. The van der Waals surface area contributed by atoms with Crippen LogP contribution in [0.4, 0.5) is 5.69 Å². The van der Waals surface area contributed by atoms with Crippen LogP contribution in [0.5, 0.6) is 0 Å². The number of carbonyl (C=O) groups excluding carboxylic acids is 3. The summed E-state index contributed by atoms with van der Waals surface area (Å²) in [5.74, 6) is -0.705. The van der Waals surface area contributed by atoms with Crippen molar-refractivity contribution in [2.24, 2.45) is 0 Å². The Morgan fingerprint density at radius 3 is 2.35 bits per heavy atom. The number of halogens is 1. The van der Waals surface area contributed by atoms with Gasteiger partial charge < -0.3 is 10.2 Å². The largest absolute Gasteiger partial charge is 0.352 e. The topological polar surface area (TPSA) is 69.7 Å². The second-order valence-electron chi connectivity index (χ2n) is 8.81. The van der Waals surface area contributed by atoms with Gasteiger partial charge in [-0.1, -0.05) is 54.9 Å². The van der Waals surface area contributed by atoms with E-state index in [1.807, 2.05) is 63.2 Å². The van der Waals surface area contributed by atoms with Gasteiger partial charge in [-0.15, -0.1) is 0 Å². The fraction of sp³-hybridized carbons (Fsp3) is 0.296. The maximum absolute atomic E-state index is 13.7. The Labute approximate surface area is 204 Å². The van der Waals surface area contributed by atoms with E-state index in [-0.39, 0.29) is 36.9 Å². The van der Waals surface area contributed by atoms with Gasteiger partial charge in [-0.2, -0.15) is 0 Å². The first-order valence-electron chi connectivity index (χ1n) is 11.5. The highest BCUT2D eigenvalue weighted by Crippen LogP contribution is 2.37. The van der Waals surface area contributed by atoms with Gasteiger partial charge in [0.1, 0.15) is 12.6 Å². The predicted molar refractivity (Wildman–Crippen MR) is 135 cm³/mol. The molecule has 0 unspecified atom stereocenters. The predicted octanol–water partition coefficient (Wildman–Crippen LogP) is 4.79. The highest BCUT2D eigenvalue weighted by molar-refractivity contribution is 6.30. The van der Waals surface area contributed by atoms with Crippen LogP contribution in [0, 0.1) is 0 Å². The number of amides is 3. The maximum Gasteiger partial charge on any atom is 0.259 e. The van der Waals surface area contributed by atoms with Crippen LogP contribution in [-0.2, 0) is 16.1 Å². The zero-order chi connectivity index (χ0) is 24.4. The fourth-order valence-corrected chi connectivity index (χ4v) is 4.57. The molecule has 1 heterocycles. The molecule has 1 aliphatic heterocycles. The number of carbonyl (C=O) groups is 3. The molecule has 0 aliphatic carbocycles. The van der Waals surface area contributed by atoms with Crippen molar-refractivity contribution in [2.75, 3.05) is 11.4 Å². The van der Waals surface area contributed by atoms with E-state index in [0.717, 1.165) is 22.0 Å². The van der Waals surface area contributed by atoms with Gasteiger partial charge in [-0.25, -0.2) is 0 Å². The molecule has 0 fully saturated rings. The third-order valence-corrected chi connectivity index (χ3v) is 6.28. The molecule has 0 spiro atoms. The van der Waals surface area contributed by atoms with Crippen molar-refractivity contribution in [3.63, 3.8) is 0 Å². The summed E-state index contributed by atoms with van der Waals surface area (Å²) in [7, 11) is 0. The molecule has 0 radical (unpaired) electrons. The Kier molecular flexibility index (Phi) is 6.89. The van der Waals surface area contributed by atoms with Crippen molar-refractivity contribution in [1.29, 1.82) is 0 Å². The van der Waals surface area contributed by atoms with Crippen LogP contribution in [0.1, 0.15) is 43.1 Å².